The van der Waals surface area contributed by atoms with E-state index in [1.165, 1.54) is 17.7 Å². The molecular formula is C13H20FN. The zero-order chi connectivity index (χ0) is 11.3. The number of nitrogens with one attached hydrogen (secondary N) is 1. The van der Waals surface area contributed by atoms with E-state index in [-0.39, 0.29) is 5.82 Å². The number of hydrogen-bond donors (Lipinski definition) is 1. The molecule has 2 unspecified atom stereocenters. The number of benzene rings is 1. The van der Waals surface area contributed by atoms with Gasteiger partial charge in [-0.3, -0.25) is 0 Å². The second kappa shape index (κ2) is 5.86. The Morgan fingerprint density at radius 1 is 1.27 bits per heavy atom. The Morgan fingerprint density at radius 2 is 1.87 bits per heavy atom. The Kier molecular flexibility index (Phi) is 4.76. The van der Waals surface area contributed by atoms with Crippen molar-refractivity contribution < 1.29 is 4.39 Å². The van der Waals surface area contributed by atoms with Crippen LogP contribution in [0.4, 0.5) is 4.39 Å². The van der Waals surface area contributed by atoms with Crippen molar-refractivity contribution in [3.63, 3.8) is 0 Å². The fourth-order valence-corrected chi connectivity index (χ4v) is 1.95. The number of likely N-dealkylation sites (N-methyl/N-ethyl adjacent to an activating group) is 1. The van der Waals surface area contributed by atoms with Gasteiger partial charge in [0, 0.05) is 6.04 Å². The van der Waals surface area contributed by atoms with Gasteiger partial charge >= 0.3 is 0 Å². The van der Waals surface area contributed by atoms with E-state index >= 15 is 0 Å². The van der Waals surface area contributed by atoms with Crippen molar-refractivity contribution in [3.05, 3.63) is 35.6 Å². The van der Waals surface area contributed by atoms with Crippen LogP contribution < -0.4 is 5.32 Å². The molecule has 0 amide bonds. The molecule has 0 bridgehead atoms. The Hall–Kier alpha value is -0.890. The van der Waals surface area contributed by atoms with E-state index in [2.05, 4.69) is 19.2 Å². The summed E-state index contributed by atoms with van der Waals surface area (Å²) in [5, 5.41) is 3.32. The lowest BCUT2D eigenvalue weighted by Gasteiger charge is -2.23. The van der Waals surface area contributed by atoms with Gasteiger partial charge in [-0.05, 0) is 37.1 Å². The molecule has 2 heteroatoms. The molecule has 1 aromatic rings. The summed E-state index contributed by atoms with van der Waals surface area (Å²) < 4.78 is 12.8. The molecule has 0 saturated heterocycles. The van der Waals surface area contributed by atoms with Gasteiger partial charge < -0.3 is 5.32 Å². The van der Waals surface area contributed by atoms with Crippen LogP contribution in [0.5, 0.6) is 0 Å². The van der Waals surface area contributed by atoms with Crippen molar-refractivity contribution in [3.8, 4) is 0 Å². The van der Waals surface area contributed by atoms with Gasteiger partial charge in [0.2, 0.25) is 0 Å². The van der Waals surface area contributed by atoms with E-state index in [9.17, 15) is 4.39 Å². The normalized spacial score (nSPS) is 14.9. The molecule has 2 atom stereocenters. The standard InChI is InChI=1S/C13H20FN/c1-4-5-13(15-3)10(2)11-6-8-12(14)9-7-11/h6-10,13,15H,4-5H2,1-3H3. The summed E-state index contributed by atoms with van der Waals surface area (Å²) >= 11 is 0. The van der Waals surface area contributed by atoms with E-state index in [1.807, 2.05) is 19.2 Å². The lowest BCUT2D eigenvalue weighted by Crippen LogP contribution is -2.30. The van der Waals surface area contributed by atoms with Crippen molar-refractivity contribution in [2.45, 2.75) is 38.6 Å². The van der Waals surface area contributed by atoms with Gasteiger partial charge in [0.05, 0.1) is 0 Å². The molecule has 0 aliphatic rings. The average molecular weight is 209 g/mol. The van der Waals surface area contributed by atoms with Gasteiger partial charge in [-0.1, -0.05) is 32.4 Å². The second-order valence-corrected chi connectivity index (χ2v) is 4.02. The number of hydrogen-bond acceptors (Lipinski definition) is 1. The predicted octanol–water partition coefficient (Wildman–Crippen LogP) is 3.32. The molecule has 0 aliphatic heterocycles. The third-order valence-electron chi connectivity index (χ3n) is 2.97. The van der Waals surface area contributed by atoms with E-state index in [0.717, 1.165) is 12.8 Å². The van der Waals surface area contributed by atoms with Gasteiger partial charge in [0.1, 0.15) is 5.82 Å². The SMILES string of the molecule is CCCC(NC)C(C)c1ccc(F)cc1. The lowest BCUT2D eigenvalue weighted by atomic mass is 9.91. The maximum absolute atomic E-state index is 12.8. The highest BCUT2D eigenvalue weighted by atomic mass is 19.1. The third-order valence-corrected chi connectivity index (χ3v) is 2.97. The van der Waals surface area contributed by atoms with Crippen LogP contribution in [0.1, 0.15) is 38.2 Å². The first-order valence-corrected chi connectivity index (χ1v) is 5.61. The van der Waals surface area contributed by atoms with Gasteiger partial charge in [-0.2, -0.15) is 0 Å². The number of halogens is 1. The van der Waals surface area contributed by atoms with E-state index in [1.54, 1.807) is 0 Å². The van der Waals surface area contributed by atoms with Gasteiger partial charge in [-0.25, -0.2) is 4.39 Å². The van der Waals surface area contributed by atoms with E-state index < -0.39 is 0 Å². The van der Waals surface area contributed by atoms with Crippen molar-refractivity contribution >= 4 is 0 Å². The molecule has 0 aliphatic carbocycles. The summed E-state index contributed by atoms with van der Waals surface area (Å²) in [6, 6.07) is 7.29. The van der Waals surface area contributed by atoms with Crippen molar-refractivity contribution in [2.75, 3.05) is 7.05 Å². The summed E-state index contributed by atoms with van der Waals surface area (Å²) in [7, 11) is 1.99. The molecule has 0 aromatic heterocycles. The summed E-state index contributed by atoms with van der Waals surface area (Å²) in [5.41, 5.74) is 1.20. The molecule has 0 fully saturated rings. The Labute approximate surface area is 91.7 Å². The Balaban J connectivity index is 2.73. The van der Waals surface area contributed by atoms with Crippen LogP contribution in [0.15, 0.2) is 24.3 Å². The minimum Gasteiger partial charge on any atom is -0.316 e. The lowest BCUT2D eigenvalue weighted by molar-refractivity contribution is 0.451. The van der Waals surface area contributed by atoms with Crippen molar-refractivity contribution in [1.82, 2.24) is 5.32 Å². The fraction of sp³-hybridized carbons (Fsp3) is 0.538. The van der Waals surface area contributed by atoms with Crippen LogP contribution in [-0.4, -0.2) is 13.1 Å². The highest BCUT2D eigenvalue weighted by Gasteiger charge is 2.15. The molecule has 0 heterocycles. The second-order valence-electron chi connectivity index (χ2n) is 4.02. The van der Waals surface area contributed by atoms with Crippen LogP contribution >= 0.6 is 0 Å². The first-order chi connectivity index (χ1) is 7.19. The summed E-state index contributed by atoms with van der Waals surface area (Å²) in [4.78, 5) is 0. The summed E-state index contributed by atoms with van der Waals surface area (Å²) in [5.74, 6) is 0.262. The topological polar surface area (TPSA) is 12.0 Å². The molecule has 1 nitrogen and oxygen atoms in total. The quantitative estimate of drug-likeness (QED) is 0.784. The van der Waals surface area contributed by atoms with Gasteiger partial charge in [-0.15, -0.1) is 0 Å². The van der Waals surface area contributed by atoms with Crippen LogP contribution in [0, 0.1) is 5.82 Å². The summed E-state index contributed by atoms with van der Waals surface area (Å²) in [6.07, 6.45) is 2.31. The zero-order valence-corrected chi connectivity index (χ0v) is 9.76. The molecule has 0 radical (unpaired) electrons. The molecule has 1 N–H and O–H groups in total. The molecule has 1 rings (SSSR count). The fourth-order valence-electron chi connectivity index (χ4n) is 1.95. The number of rotatable bonds is 5. The van der Waals surface area contributed by atoms with Gasteiger partial charge in [0.25, 0.3) is 0 Å². The largest absolute Gasteiger partial charge is 0.316 e. The van der Waals surface area contributed by atoms with Gasteiger partial charge in [0.15, 0.2) is 0 Å². The van der Waals surface area contributed by atoms with Crippen LogP contribution in [0.3, 0.4) is 0 Å². The van der Waals surface area contributed by atoms with Crippen molar-refractivity contribution in [2.24, 2.45) is 0 Å². The molecular weight excluding hydrogens is 189 g/mol. The maximum atomic E-state index is 12.8. The highest BCUT2D eigenvalue weighted by Crippen LogP contribution is 2.22. The Bertz CT molecular complexity index is 281. The van der Waals surface area contributed by atoms with Crippen molar-refractivity contribution in [1.29, 1.82) is 0 Å². The minimum atomic E-state index is -0.164. The molecule has 84 valence electrons. The van der Waals surface area contributed by atoms with E-state index in [4.69, 9.17) is 0 Å². The molecule has 0 saturated carbocycles. The summed E-state index contributed by atoms with van der Waals surface area (Å²) in [6.45, 7) is 4.37. The monoisotopic (exact) mass is 209 g/mol. The molecule has 1 aromatic carbocycles. The van der Waals surface area contributed by atoms with Crippen LogP contribution in [0.2, 0.25) is 0 Å². The smallest absolute Gasteiger partial charge is 0.123 e. The van der Waals surface area contributed by atoms with Crippen LogP contribution in [-0.2, 0) is 0 Å². The molecule has 0 spiro atoms. The van der Waals surface area contributed by atoms with Crippen LogP contribution in [0.25, 0.3) is 0 Å². The first kappa shape index (κ1) is 12.2. The zero-order valence-electron chi connectivity index (χ0n) is 9.76. The average Bonchev–Trinajstić information content (AvgIpc) is 2.26. The maximum Gasteiger partial charge on any atom is 0.123 e. The highest BCUT2D eigenvalue weighted by molar-refractivity contribution is 5.21. The minimum absolute atomic E-state index is 0.164. The third kappa shape index (κ3) is 3.31. The molecule has 15 heavy (non-hydrogen) atoms. The van der Waals surface area contributed by atoms with E-state index in [0.29, 0.717) is 12.0 Å². The Morgan fingerprint density at radius 3 is 2.33 bits per heavy atom. The first-order valence-electron chi connectivity index (χ1n) is 5.61. The predicted molar refractivity (Wildman–Crippen MR) is 62.6 cm³/mol.